The zero-order chi connectivity index (χ0) is 13.0. The normalized spacial score (nSPS) is 17.1. The largest absolute Gasteiger partial charge is 0.492 e. The predicted molar refractivity (Wildman–Crippen MR) is 71.2 cm³/mol. The van der Waals surface area contributed by atoms with E-state index in [0.717, 1.165) is 0 Å². The van der Waals surface area contributed by atoms with Crippen molar-refractivity contribution >= 4 is 15.9 Å². The summed E-state index contributed by atoms with van der Waals surface area (Å²) >= 11 is 3.28. The van der Waals surface area contributed by atoms with Crippen LogP contribution >= 0.6 is 15.9 Å². The van der Waals surface area contributed by atoms with Gasteiger partial charge in [-0.2, -0.15) is 0 Å². The van der Waals surface area contributed by atoms with Crippen molar-refractivity contribution in [2.75, 3.05) is 6.61 Å². The molecule has 1 nitrogen and oxygen atoms in total. The van der Waals surface area contributed by atoms with E-state index in [1.54, 1.807) is 6.07 Å². The van der Waals surface area contributed by atoms with Gasteiger partial charge in [0.1, 0.15) is 5.75 Å². The van der Waals surface area contributed by atoms with Gasteiger partial charge in [-0.3, -0.25) is 0 Å². The lowest BCUT2D eigenvalue weighted by Gasteiger charge is -2.22. The first-order chi connectivity index (χ1) is 8.66. The molecule has 0 saturated heterocycles. The molecular formula is C14H17BrF2O. The highest BCUT2D eigenvalue weighted by Crippen LogP contribution is 2.31. The van der Waals surface area contributed by atoms with Crippen LogP contribution in [-0.2, 0) is 0 Å². The summed E-state index contributed by atoms with van der Waals surface area (Å²) in [5, 5.41) is 0. The molecule has 4 heteroatoms. The Morgan fingerprint density at radius 2 is 1.94 bits per heavy atom. The van der Waals surface area contributed by atoms with E-state index in [9.17, 15) is 8.78 Å². The van der Waals surface area contributed by atoms with E-state index in [1.807, 2.05) is 0 Å². The first kappa shape index (κ1) is 13.8. The summed E-state index contributed by atoms with van der Waals surface area (Å²) in [7, 11) is 0. The molecule has 0 unspecified atom stereocenters. The molecule has 0 atom stereocenters. The molecule has 100 valence electrons. The minimum atomic E-state index is -2.44. The smallest absolute Gasteiger partial charge is 0.263 e. The summed E-state index contributed by atoms with van der Waals surface area (Å²) in [4.78, 5) is 0. The first-order valence-electron chi connectivity index (χ1n) is 6.37. The van der Waals surface area contributed by atoms with Gasteiger partial charge in [-0.15, -0.1) is 0 Å². The second kappa shape index (κ2) is 6.50. The molecule has 18 heavy (non-hydrogen) atoms. The van der Waals surface area contributed by atoms with Crippen LogP contribution in [0.2, 0.25) is 0 Å². The fraction of sp³-hybridized carbons (Fsp3) is 0.571. The van der Waals surface area contributed by atoms with Crippen LogP contribution in [0, 0.1) is 5.92 Å². The van der Waals surface area contributed by atoms with Crippen LogP contribution < -0.4 is 4.74 Å². The van der Waals surface area contributed by atoms with Crippen LogP contribution in [0.5, 0.6) is 5.75 Å². The van der Waals surface area contributed by atoms with Gasteiger partial charge in [0.2, 0.25) is 0 Å². The zero-order valence-electron chi connectivity index (χ0n) is 10.2. The predicted octanol–water partition coefficient (Wildman–Crippen LogP) is 5.35. The molecule has 1 fully saturated rings. The van der Waals surface area contributed by atoms with Crippen LogP contribution in [0.1, 0.15) is 44.1 Å². The molecular weight excluding hydrogens is 302 g/mol. The van der Waals surface area contributed by atoms with E-state index in [2.05, 4.69) is 15.9 Å². The van der Waals surface area contributed by atoms with Crippen molar-refractivity contribution in [3.63, 3.8) is 0 Å². The van der Waals surface area contributed by atoms with Crippen molar-refractivity contribution in [3.05, 3.63) is 28.2 Å². The first-order valence-corrected chi connectivity index (χ1v) is 7.16. The molecule has 2 rings (SSSR count). The molecule has 0 aromatic heterocycles. The SMILES string of the molecule is FC(F)c1ccc(OCC2CCCCC2)c(Br)c1. The van der Waals surface area contributed by atoms with Crippen LogP contribution in [0.4, 0.5) is 8.78 Å². The summed E-state index contributed by atoms with van der Waals surface area (Å²) < 4.78 is 31.3. The highest BCUT2D eigenvalue weighted by atomic mass is 79.9. The van der Waals surface area contributed by atoms with Gasteiger partial charge in [-0.1, -0.05) is 19.3 Å². The number of rotatable bonds is 4. The van der Waals surface area contributed by atoms with E-state index < -0.39 is 6.43 Å². The maximum Gasteiger partial charge on any atom is 0.263 e. The van der Waals surface area contributed by atoms with Crippen LogP contribution in [-0.4, -0.2) is 6.61 Å². The molecule has 1 aromatic rings. The van der Waals surface area contributed by atoms with E-state index in [0.29, 0.717) is 22.7 Å². The third kappa shape index (κ3) is 3.67. The molecule has 1 saturated carbocycles. The van der Waals surface area contributed by atoms with Crippen molar-refractivity contribution < 1.29 is 13.5 Å². The Bertz CT molecular complexity index is 389. The zero-order valence-corrected chi connectivity index (χ0v) is 11.8. The number of hydrogen-bond acceptors (Lipinski definition) is 1. The average molecular weight is 319 g/mol. The molecule has 0 heterocycles. The van der Waals surface area contributed by atoms with Gasteiger partial charge >= 0.3 is 0 Å². The average Bonchev–Trinajstić information content (AvgIpc) is 2.38. The monoisotopic (exact) mass is 318 g/mol. The van der Waals surface area contributed by atoms with Crippen LogP contribution in [0.3, 0.4) is 0 Å². The Hall–Kier alpha value is -0.640. The highest BCUT2D eigenvalue weighted by Gasteiger charge is 2.15. The van der Waals surface area contributed by atoms with Crippen molar-refractivity contribution in [2.45, 2.75) is 38.5 Å². The summed E-state index contributed by atoms with van der Waals surface area (Å²) in [5.41, 5.74) is 0.0203. The number of halogens is 3. The number of hydrogen-bond donors (Lipinski definition) is 0. The Labute approximate surface area is 115 Å². The van der Waals surface area contributed by atoms with E-state index >= 15 is 0 Å². The molecule has 1 aliphatic rings. The fourth-order valence-electron chi connectivity index (χ4n) is 2.33. The van der Waals surface area contributed by atoms with E-state index in [-0.39, 0.29) is 5.56 Å². The Morgan fingerprint density at radius 3 is 2.56 bits per heavy atom. The van der Waals surface area contributed by atoms with Gasteiger partial charge in [0.25, 0.3) is 6.43 Å². The summed E-state index contributed by atoms with van der Waals surface area (Å²) in [6.07, 6.45) is 3.87. The second-order valence-electron chi connectivity index (χ2n) is 4.81. The summed E-state index contributed by atoms with van der Waals surface area (Å²) in [6.45, 7) is 0.687. The van der Waals surface area contributed by atoms with Gasteiger partial charge in [-0.05, 0) is 52.9 Å². The Kier molecular flexibility index (Phi) is 4.98. The highest BCUT2D eigenvalue weighted by molar-refractivity contribution is 9.10. The number of alkyl halides is 2. The lowest BCUT2D eigenvalue weighted by atomic mass is 9.90. The van der Waals surface area contributed by atoms with Gasteiger partial charge in [0.05, 0.1) is 11.1 Å². The summed E-state index contributed by atoms with van der Waals surface area (Å²) in [6, 6.07) is 4.47. The lowest BCUT2D eigenvalue weighted by molar-refractivity contribution is 0.151. The van der Waals surface area contributed by atoms with Crippen molar-refractivity contribution in [1.29, 1.82) is 0 Å². The fourth-order valence-corrected chi connectivity index (χ4v) is 2.84. The summed E-state index contributed by atoms with van der Waals surface area (Å²) in [5.74, 6) is 1.27. The van der Waals surface area contributed by atoms with Crippen LogP contribution in [0.15, 0.2) is 22.7 Å². The third-order valence-electron chi connectivity index (χ3n) is 3.41. The lowest BCUT2D eigenvalue weighted by Crippen LogP contribution is -2.15. The molecule has 0 amide bonds. The maximum absolute atomic E-state index is 12.5. The third-order valence-corrected chi connectivity index (χ3v) is 4.03. The van der Waals surface area contributed by atoms with E-state index in [1.165, 1.54) is 44.2 Å². The molecule has 1 aromatic carbocycles. The minimum Gasteiger partial charge on any atom is -0.492 e. The maximum atomic E-state index is 12.5. The van der Waals surface area contributed by atoms with Gasteiger partial charge in [-0.25, -0.2) is 8.78 Å². The van der Waals surface area contributed by atoms with Gasteiger partial charge in [0.15, 0.2) is 0 Å². The quantitative estimate of drug-likeness (QED) is 0.727. The van der Waals surface area contributed by atoms with Crippen molar-refractivity contribution in [1.82, 2.24) is 0 Å². The number of benzene rings is 1. The molecule has 0 spiro atoms. The molecule has 0 N–H and O–H groups in total. The van der Waals surface area contributed by atoms with Gasteiger partial charge in [0, 0.05) is 5.56 Å². The van der Waals surface area contributed by atoms with Crippen LogP contribution in [0.25, 0.3) is 0 Å². The standard InChI is InChI=1S/C14H17BrF2O/c15-12-8-11(14(16)17)6-7-13(12)18-9-10-4-2-1-3-5-10/h6-8,10,14H,1-5,9H2. The Balaban J connectivity index is 1.92. The molecule has 1 aliphatic carbocycles. The topological polar surface area (TPSA) is 9.23 Å². The second-order valence-corrected chi connectivity index (χ2v) is 5.66. The molecule has 0 aliphatic heterocycles. The number of ether oxygens (including phenoxy) is 1. The Morgan fingerprint density at radius 1 is 1.22 bits per heavy atom. The minimum absolute atomic E-state index is 0.0203. The van der Waals surface area contributed by atoms with Crippen molar-refractivity contribution in [2.24, 2.45) is 5.92 Å². The van der Waals surface area contributed by atoms with E-state index in [4.69, 9.17) is 4.74 Å². The van der Waals surface area contributed by atoms with Crippen molar-refractivity contribution in [3.8, 4) is 5.75 Å². The molecule has 0 bridgehead atoms. The van der Waals surface area contributed by atoms with Gasteiger partial charge < -0.3 is 4.74 Å². The molecule has 0 radical (unpaired) electrons.